The van der Waals surface area contributed by atoms with Gasteiger partial charge in [-0.05, 0) is 67.1 Å². The van der Waals surface area contributed by atoms with E-state index in [9.17, 15) is 0 Å². The molecule has 0 fully saturated rings. The number of rotatable bonds is 3. The average Bonchev–Trinajstić information content (AvgIpc) is 2.96. The molecule has 1 heterocycles. The van der Waals surface area contributed by atoms with Gasteiger partial charge in [-0.1, -0.05) is 127 Å². The van der Waals surface area contributed by atoms with E-state index in [1.165, 1.54) is 71.4 Å². The van der Waals surface area contributed by atoms with Crippen LogP contribution in [0.25, 0.3) is 60.3 Å². The van der Waals surface area contributed by atoms with Crippen LogP contribution < -0.4 is 5.32 Å². The van der Waals surface area contributed by atoms with E-state index in [0.717, 1.165) is 6.54 Å². The van der Waals surface area contributed by atoms with Crippen LogP contribution in [0.5, 0.6) is 0 Å². The molecule has 0 aromatic heterocycles. The zero-order valence-corrected chi connectivity index (χ0v) is 20.8. The maximum Gasteiger partial charge on any atom is 0.0452 e. The van der Waals surface area contributed by atoms with Crippen LogP contribution in [0.4, 0.5) is 0 Å². The van der Waals surface area contributed by atoms with Crippen molar-refractivity contribution in [1.82, 2.24) is 5.32 Å². The summed E-state index contributed by atoms with van der Waals surface area (Å²) in [6.45, 7) is 3.04. The highest BCUT2D eigenvalue weighted by atomic mass is 14.9. The summed E-state index contributed by atoms with van der Waals surface area (Å²) in [7, 11) is 0. The third-order valence-corrected chi connectivity index (χ3v) is 7.62. The van der Waals surface area contributed by atoms with Gasteiger partial charge in [0, 0.05) is 17.8 Å². The Hall–Kier alpha value is -4.62. The van der Waals surface area contributed by atoms with Crippen LogP contribution in [0.2, 0.25) is 0 Å². The van der Waals surface area contributed by atoms with Crippen LogP contribution in [0.15, 0.2) is 133 Å². The molecule has 7 rings (SSSR count). The molecule has 0 bridgehead atoms. The molecule has 6 aromatic rings. The van der Waals surface area contributed by atoms with Gasteiger partial charge in [0.2, 0.25) is 0 Å². The summed E-state index contributed by atoms with van der Waals surface area (Å²) in [5.41, 5.74) is 8.88. The summed E-state index contributed by atoms with van der Waals surface area (Å²) in [5, 5.41) is 11.3. The summed E-state index contributed by atoms with van der Waals surface area (Å²) < 4.78 is 0. The molecule has 0 unspecified atom stereocenters. The number of allylic oxidation sites excluding steroid dienone is 2. The average molecular weight is 474 g/mol. The fourth-order valence-corrected chi connectivity index (χ4v) is 6.00. The molecule has 0 radical (unpaired) electrons. The molecule has 0 atom stereocenters. The predicted molar refractivity (Wildman–Crippen MR) is 160 cm³/mol. The minimum atomic E-state index is 0.860. The SMILES string of the molecule is CC1=C(c2ccc(-c3c4ccccc4c(-c4ccccc4)c4ccccc34)c3ccccc23)NCC=C1. The van der Waals surface area contributed by atoms with Crippen molar-refractivity contribution in [2.45, 2.75) is 6.92 Å². The van der Waals surface area contributed by atoms with E-state index in [4.69, 9.17) is 0 Å². The molecule has 0 amide bonds. The molecule has 1 aliphatic rings. The van der Waals surface area contributed by atoms with E-state index in [2.05, 4.69) is 140 Å². The van der Waals surface area contributed by atoms with Crippen molar-refractivity contribution in [1.29, 1.82) is 0 Å². The zero-order chi connectivity index (χ0) is 24.8. The molecule has 0 aliphatic carbocycles. The maximum absolute atomic E-state index is 3.61. The van der Waals surface area contributed by atoms with Gasteiger partial charge in [-0.25, -0.2) is 0 Å². The van der Waals surface area contributed by atoms with Crippen LogP contribution in [-0.2, 0) is 0 Å². The van der Waals surface area contributed by atoms with E-state index < -0.39 is 0 Å². The highest BCUT2D eigenvalue weighted by Gasteiger charge is 2.19. The Kier molecular flexibility index (Phi) is 5.15. The monoisotopic (exact) mass is 473 g/mol. The van der Waals surface area contributed by atoms with Crippen LogP contribution in [0.1, 0.15) is 12.5 Å². The Labute approximate surface area is 217 Å². The van der Waals surface area contributed by atoms with Gasteiger partial charge in [0.25, 0.3) is 0 Å². The van der Waals surface area contributed by atoms with Gasteiger partial charge in [0.05, 0.1) is 0 Å². The highest BCUT2D eigenvalue weighted by Crippen LogP contribution is 2.45. The number of hydrogen-bond acceptors (Lipinski definition) is 1. The topological polar surface area (TPSA) is 12.0 Å². The Morgan fingerprint density at radius 1 is 0.486 bits per heavy atom. The minimum Gasteiger partial charge on any atom is -0.381 e. The van der Waals surface area contributed by atoms with Crippen LogP contribution in [-0.4, -0.2) is 6.54 Å². The van der Waals surface area contributed by atoms with Crippen molar-refractivity contribution >= 4 is 38.0 Å². The molecule has 0 saturated carbocycles. The molecular formula is C36H27N. The van der Waals surface area contributed by atoms with Gasteiger partial charge in [0.1, 0.15) is 0 Å². The third-order valence-electron chi connectivity index (χ3n) is 7.62. The van der Waals surface area contributed by atoms with E-state index in [0.29, 0.717) is 0 Å². The lowest BCUT2D eigenvalue weighted by molar-refractivity contribution is 0.982. The predicted octanol–water partition coefficient (Wildman–Crippen LogP) is 9.37. The number of benzene rings is 6. The van der Waals surface area contributed by atoms with Crippen molar-refractivity contribution in [2.75, 3.05) is 6.54 Å². The normalized spacial score (nSPS) is 13.4. The van der Waals surface area contributed by atoms with Gasteiger partial charge >= 0.3 is 0 Å². The van der Waals surface area contributed by atoms with Gasteiger partial charge in [-0.3, -0.25) is 0 Å². The lowest BCUT2D eigenvalue weighted by atomic mass is 9.84. The zero-order valence-electron chi connectivity index (χ0n) is 20.8. The van der Waals surface area contributed by atoms with Crippen molar-refractivity contribution < 1.29 is 0 Å². The van der Waals surface area contributed by atoms with Crippen LogP contribution in [0, 0.1) is 0 Å². The molecule has 1 aliphatic heterocycles. The smallest absolute Gasteiger partial charge is 0.0452 e. The maximum atomic E-state index is 3.61. The van der Waals surface area contributed by atoms with E-state index in [1.54, 1.807) is 0 Å². The second-order valence-corrected chi connectivity index (χ2v) is 9.75. The first kappa shape index (κ1) is 21.6. The summed E-state index contributed by atoms with van der Waals surface area (Å²) in [4.78, 5) is 0. The van der Waals surface area contributed by atoms with Gasteiger partial charge in [-0.2, -0.15) is 0 Å². The van der Waals surface area contributed by atoms with Crippen LogP contribution >= 0.6 is 0 Å². The Morgan fingerprint density at radius 2 is 0.973 bits per heavy atom. The van der Waals surface area contributed by atoms with Crippen LogP contribution in [0.3, 0.4) is 0 Å². The summed E-state index contributed by atoms with van der Waals surface area (Å²) in [6.07, 6.45) is 4.40. The molecule has 1 heteroatoms. The first-order valence-corrected chi connectivity index (χ1v) is 12.9. The number of dihydropyridines is 1. The van der Waals surface area contributed by atoms with Crippen molar-refractivity contribution in [2.24, 2.45) is 0 Å². The van der Waals surface area contributed by atoms with E-state index >= 15 is 0 Å². The number of nitrogens with one attached hydrogen (secondary N) is 1. The molecule has 1 nitrogen and oxygen atoms in total. The molecule has 1 N–H and O–H groups in total. The number of fused-ring (bicyclic) bond motifs is 3. The number of hydrogen-bond donors (Lipinski definition) is 1. The van der Waals surface area contributed by atoms with Crippen molar-refractivity contribution in [3.63, 3.8) is 0 Å². The lowest BCUT2D eigenvalue weighted by Gasteiger charge is -2.21. The fraction of sp³-hybridized carbons (Fsp3) is 0.0556. The summed E-state index contributed by atoms with van der Waals surface area (Å²) >= 11 is 0. The minimum absolute atomic E-state index is 0.860. The lowest BCUT2D eigenvalue weighted by Crippen LogP contribution is -2.16. The second-order valence-electron chi connectivity index (χ2n) is 9.75. The fourth-order valence-electron chi connectivity index (χ4n) is 6.00. The van der Waals surface area contributed by atoms with Gasteiger partial charge in [0.15, 0.2) is 0 Å². The second kappa shape index (κ2) is 8.80. The van der Waals surface area contributed by atoms with Crippen molar-refractivity contribution in [3.8, 4) is 22.3 Å². The third kappa shape index (κ3) is 3.47. The molecular weight excluding hydrogens is 446 g/mol. The van der Waals surface area contributed by atoms with Crippen molar-refractivity contribution in [3.05, 3.63) is 139 Å². The Balaban J connectivity index is 1.61. The summed E-state index contributed by atoms with van der Waals surface area (Å²) in [6, 6.07) is 42.0. The molecule has 6 aromatic carbocycles. The molecule has 0 spiro atoms. The van der Waals surface area contributed by atoms with Gasteiger partial charge in [-0.15, -0.1) is 0 Å². The Bertz CT molecular complexity index is 1820. The Morgan fingerprint density at radius 3 is 1.57 bits per heavy atom. The first-order chi connectivity index (χ1) is 18.3. The molecule has 176 valence electrons. The largest absolute Gasteiger partial charge is 0.381 e. The molecule has 0 saturated heterocycles. The standard InChI is InChI=1S/C36H27N/c1-24-12-11-23-37-36(24)33-22-21-32(26-15-5-6-16-27(26)33)35-30-19-9-7-17-28(30)34(25-13-3-2-4-14-25)29-18-8-10-20-31(29)35/h2-22,37H,23H2,1H3. The van der Waals surface area contributed by atoms with E-state index in [-0.39, 0.29) is 0 Å². The van der Waals surface area contributed by atoms with Gasteiger partial charge < -0.3 is 5.32 Å². The quantitative estimate of drug-likeness (QED) is 0.252. The summed E-state index contributed by atoms with van der Waals surface area (Å²) in [5.74, 6) is 0. The van der Waals surface area contributed by atoms with E-state index in [1.807, 2.05) is 0 Å². The first-order valence-electron chi connectivity index (χ1n) is 12.9. The molecule has 37 heavy (non-hydrogen) atoms. The highest BCUT2D eigenvalue weighted by molar-refractivity contribution is 6.23.